The Hall–Kier alpha value is -2.77. The second kappa shape index (κ2) is 7.30. The third-order valence-electron chi connectivity index (χ3n) is 3.10. The minimum absolute atomic E-state index is 0.0519. The number of aromatic amines is 1. The fourth-order valence-electron chi connectivity index (χ4n) is 1.93. The van der Waals surface area contributed by atoms with Crippen LogP contribution < -0.4 is 5.32 Å². The molecule has 0 aliphatic carbocycles. The Balaban J connectivity index is 1.79. The molecule has 22 heavy (non-hydrogen) atoms. The van der Waals surface area contributed by atoms with Crippen LogP contribution in [0.15, 0.2) is 24.8 Å². The molecular weight excluding hydrogens is 286 g/mol. The van der Waals surface area contributed by atoms with Gasteiger partial charge in [-0.15, -0.1) is 0 Å². The van der Waals surface area contributed by atoms with Gasteiger partial charge in [0.1, 0.15) is 5.82 Å². The maximum absolute atomic E-state index is 12.0. The third-order valence-corrected chi connectivity index (χ3v) is 3.10. The summed E-state index contributed by atoms with van der Waals surface area (Å²) in [4.78, 5) is 37.5. The number of carbonyl (C=O) groups is 2. The Kier molecular flexibility index (Phi) is 5.18. The summed E-state index contributed by atoms with van der Waals surface area (Å²) < 4.78 is 0. The van der Waals surface area contributed by atoms with E-state index in [9.17, 15) is 9.59 Å². The third kappa shape index (κ3) is 4.37. The minimum Gasteiger partial charge on any atom is -0.477 e. The van der Waals surface area contributed by atoms with Gasteiger partial charge in [0.25, 0.3) is 0 Å². The van der Waals surface area contributed by atoms with Crippen LogP contribution in [0, 0.1) is 5.92 Å². The van der Waals surface area contributed by atoms with Gasteiger partial charge in [-0.2, -0.15) is 0 Å². The van der Waals surface area contributed by atoms with E-state index in [2.05, 4.69) is 25.3 Å². The summed E-state index contributed by atoms with van der Waals surface area (Å²) in [7, 11) is 0. The minimum atomic E-state index is -1.10. The van der Waals surface area contributed by atoms with Crippen LogP contribution in [0.2, 0.25) is 0 Å². The van der Waals surface area contributed by atoms with E-state index in [1.54, 1.807) is 12.5 Å². The smallest absolute Gasteiger partial charge is 0.354 e. The SMILES string of the molecule is CC(Cc1cnc[nH]1)C(=O)NCCc1nccc(C(=O)O)n1. The van der Waals surface area contributed by atoms with Gasteiger partial charge in [0, 0.05) is 43.4 Å². The predicted molar refractivity (Wildman–Crippen MR) is 77.2 cm³/mol. The van der Waals surface area contributed by atoms with Crippen molar-refractivity contribution in [2.45, 2.75) is 19.8 Å². The average molecular weight is 303 g/mol. The number of aromatic carboxylic acids is 1. The van der Waals surface area contributed by atoms with Gasteiger partial charge < -0.3 is 15.4 Å². The molecule has 1 atom stereocenters. The van der Waals surface area contributed by atoms with E-state index in [4.69, 9.17) is 5.11 Å². The summed E-state index contributed by atoms with van der Waals surface area (Å²) in [6, 6.07) is 1.33. The number of hydrogen-bond acceptors (Lipinski definition) is 5. The van der Waals surface area contributed by atoms with E-state index in [0.717, 1.165) is 5.69 Å². The van der Waals surface area contributed by atoms with E-state index in [1.165, 1.54) is 12.3 Å². The standard InChI is InChI=1S/C14H17N5O3/c1-9(6-10-7-15-8-18-10)13(20)17-5-3-12-16-4-2-11(19-12)14(21)22/h2,4,7-9H,3,5-6H2,1H3,(H,15,18)(H,17,20)(H,21,22). The van der Waals surface area contributed by atoms with Gasteiger partial charge in [-0.3, -0.25) is 4.79 Å². The first-order chi connectivity index (χ1) is 10.6. The molecule has 0 radical (unpaired) electrons. The van der Waals surface area contributed by atoms with Crippen molar-refractivity contribution < 1.29 is 14.7 Å². The molecule has 0 spiro atoms. The van der Waals surface area contributed by atoms with Crippen LogP contribution >= 0.6 is 0 Å². The lowest BCUT2D eigenvalue weighted by Crippen LogP contribution is -2.32. The molecule has 1 unspecified atom stereocenters. The number of imidazole rings is 1. The van der Waals surface area contributed by atoms with Crippen LogP contribution in [-0.4, -0.2) is 43.5 Å². The normalized spacial score (nSPS) is 11.9. The fraction of sp³-hybridized carbons (Fsp3) is 0.357. The number of carboxylic acid groups (broad SMARTS) is 1. The number of nitrogens with zero attached hydrogens (tertiary/aromatic N) is 3. The number of rotatable bonds is 7. The van der Waals surface area contributed by atoms with Gasteiger partial charge in [-0.1, -0.05) is 6.92 Å². The molecule has 1 amide bonds. The summed E-state index contributed by atoms with van der Waals surface area (Å²) >= 11 is 0. The number of H-pyrrole nitrogens is 1. The zero-order valence-electron chi connectivity index (χ0n) is 12.1. The molecule has 2 aromatic heterocycles. The molecule has 0 saturated carbocycles. The summed E-state index contributed by atoms with van der Waals surface area (Å²) in [5.41, 5.74) is 0.851. The lowest BCUT2D eigenvalue weighted by atomic mass is 10.1. The van der Waals surface area contributed by atoms with E-state index < -0.39 is 5.97 Å². The molecule has 8 nitrogen and oxygen atoms in total. The van der Waals surface area contributed by atoms with Gasteiger partial charge in [0.2, 0.25) is 5.91 Å². The van der Waals surface area contributed by atoms with Crippen molar-refractivity contribution in [2.24, 2.45) is 5.92 Å². The molecule has 0 aromatic carbocycles. The van der Waals surface area contributed by atoms with Crippen LogP contribution in [0.5, 0.6) is 0 Å². The monoisotopic (exact) mass is 303 g/mol. The highest BCUT2D eigenvalue weighted by atomic mass is 16.4. The molecule has 8 heteroatoms. The Bertz CT molecular complexity index is 642. The van der Waals surface area contributed by atoms with Crippen LogP contribution in [-0.2, 0) is 17.6 Å². The highest BCUT2D eigenvalue weighted by molar-refractivity contribution is 5.85. The molecule has 116 valence electrons. The average Bonchev–Trinajstić information content (AvgIpc) is 3.00. The Morgan fingerprint density at radius 1 is 1.45 bits per heavy atom. The molecule has 0 aliphatic rings. The van der Waals surface area contributed by atoms with Crippen molar-refractivity contribution in [3.05, 3.63) is 42.0 Å². The van der Waals surface area contributed by atoms with Gasteiger partial charge in [0.15, 0.2) is 5.69 Å². The molecular formula is C14H17N5O3. The fourth-order valence-corrected chi connectivity index (χ4v) is 1.93. The maximum atomic E-state index is 12.0. The van der Waals surface area contributed by atoms with Gasteiger partial charge in [-0.05, 0) is 6.07 Å². The van der Waals surface area contributed by atoms with Crippen molar-refractivity contribution >= 4 is 11.9 Å². The van der Waals surface area contributed by atoms with E-state index in [-0.39, 0.29) is 17.5 Å². The van der Waals surface area contributed by atoms with Crippen LogP contribution in [0.1, 0.15) is 28.9 Å². The molecule has 2 rings (SSSR count). The summed E-state index contributed by atoms with van der Waals surface area (Å²) in [6.07, 6.45) is 5.62. The number of carbonyl (C=O) groups excluding carboxylic acids is 1. The summed E-state index contributed by atoms with van der Waals surface area (Å²) in [5.74, 6) is -0.974. The quantitative estimate of drug-likeness (QED) is 0.682. The van der Waals surface area contributed by atoms with Gasteiger partial charge in [-0.25, -0.2) is 19.7 Å². The zero-order chi connectivity index (χ0) is 15.9. The number of hydrogen-bond donors (Lipinski definition) is 3. The predicted octanol–water partition coefficient (Wildman–Crippen LogP) is 0.435. The number of amides is 1. The van der Waals surface area contributed by atoms with Crippen molar-refractivity contribution in [1.82, 2.24) is 25.3 Å². The number of carboxylic acids is 1. The van der Waals surface area contributed by atoms with Crippen LogP contribution in [0.3, 0.4) is 0 Å². The van der Waals surface area contributed by atoms with Crippen molar-refractivity contribution in [3.63, 3.8) is 0 Å². The highest BCUT2D eigenvalue weighted by Gasteiger charge is 2.14. The van der Waals surface area contributed by atoms with Gasteiger partial charge >= 0.3 is 5.97 Å². The second-order valence-electron chi connectivity index (χ2n) is 4.89. The van der Waals surface area contributed by atoms with Crippen molar-refractivity contribution in [2.75, 3.05) is 6.54 Å². The second-order valence-corrected chi connectivity index (χ2v) is 4.89. The lowest BCUT2D eigenvalue weighted by molar-refractivity contribution is -0.124. The molecule has 3 N–H and O–H groups in total. The molecule has 0 aliphatic heterocycles. The number of nitrogens with one attached hydrogen (secondary N) is 2. The first kappa shape index (κ1) is 15.6. The molecule has 0 bridgehead atoms. The van der Waals surface area contributed by atoms with E-state index in [0.29, 0.717) is 25.2 Å². The Morgan fingerprint density at radius 3 is 2.95 bits per heavy atom. The van der Waals surface area contributed by atoms with Crippen LogP contribution in [0.25, 0.3) is 0 Å². The molecule has 2 aromatic rings. The van der Waals surface area contributed by atoms with Crippen molar-refractivity contribution in [3.8, 4) is 0 Å². The van der Waals surface area contributed by atoms with E-state index >= 15 is 0 Å². The Labute approximate surface area is 127 Å². The van der Waals surface area contributed by atoms with Gasteiger partial charge in [0.05, 0.1) is 6.33 Å². The first-order valence-corrected chi connectivity index (χ1v) is 6.86. The number of aromatic nitrogens is 4. The molecule has 0 saturated heterocycles. The summed E-state index contributed by atoms with van der Waals surface area (Å²) in [6.45, 7) is 2.19. The Morgan fingerprint density at radius 2 is 2.27 bits per heavy atom. The van der Waals surface area contributed by atoms with E-state index in [1.807, 2.05) is 6.92 Å². The largest absolute Gasteiger partial charge is 0.477 e. The van der Waals surface area contributed by atoms with Crippen molar-refractivity contribution in [1.29, 1.82) is 0 Å². The summed E-state index contributed by atoms with van der Waals surface area (Å²) in [5, 5.41) is 11.6. The maximum Gasteiger partial charge on any atom is 0.354 e. The topological polar surface area (TPSA) is 121 Å². The highest BCUT2D eigenvalue weighted by Crippen LogP contribution is 2.05. The van der Waals surface area contributed by atoms with Crippen LogP contribution in [0.4, 0.5) is 0 Å². The lowest BCUT2D eigenvalue weighted by Gasteiger charge is -2.10. The molecule has 0 fully saturated rings. The molecule has 2 heterocycles. The first-order valence-electron chi connectivity index (χ1n) is 6.86. The zero-order valence-corrected chi connectivity index (χ0v) is 12.1.